The van der Waals surface area contributed by atoms with Crippen LogP contribution in [0.5, 0.6) is 0 Å². The van der Waals surface area contributed by atoms with E-state index < -0.39 is 8.32 Å². The summed E-state index contributed by atoms with van der Waals surface area (Å²) >= 11 is 0. The minimum atomic E-state index is -1.78. The lowest BCUT2D eigenvalue weighted by atomic mass is 10.2. The Morgan fingerprint density at radius 2 is 1.26 bits per heavy atom. The molecule has 3 heteroatoms. The third kappa shape index (κ3) is 7.66. The Balaban J connectivity index is 5.20. The summed E-state index contributed by atoms with van der Waals surface area (Å²) in [6.45, 7) is 15.8. The van der Waals surface area contributed by atoms with Crippen molar-refractivity contribution in [2.24, 2.45) is 17.8 Å². The zero-order chi connectivity index (χ0) is 15.1. The molecule has 0 radical (unpaired) electrons. The SMILES string of the molecule is CC=C(OC)O[Si](CC(C)C)(CC(C)C)CC(C)C. The largest absolute Gasteiger partial charge is 0.519 e. The van der Waals surface area contributed by atoms with E-state index in [0.717, 1.165) is 0 Å². The van der Waals surface area contributed by atoms with Crippen LogP contribution in [0.1, 0.15) is 48.5 Å². The molecule has 0 spiro atoms. The van der Waals surface area contributed by atoms with Gasteiger partial charge in [0.05, 0.1) is 7.11 Å². The molecule has 0 N–H and O–H groups in total. The lowest BCUT2D eigenvalue weighted by Gasteiger charge is -2.36. The summed E-state index contributed by atoms with van der Waals surface area (Å²) in [7, 11) is -0.0801. The zero-order valence-corrected chi connectivity index (χ0v) is 15.2. The molecule has 114 valence electrons. The van der Waals surface area contributed by atoms with Gasteiger partial charge >= 0.3 is 0 Å². The van der Waals surface area contributed by atoms with Crippen molar-refractivity contribution in [3.05, 3.63) is 12.0 Å². The summed E-state index contributed by atoms with van der Waals surface area (Å²) in [6.07, 6.45) is 1.95. The standard InChI is InChI=1S/C16H34O2Si/c1-9-16(17-8)18-19(10-13(2)3,11-14(4)5)12-15(6)7/h9,13-15H,10-12H2,1-8H3. The van der Waals surface area contributed by atoms with Gasteiger partial charge in [0, 0.05) is 0 Å². The highest BCUT2D eigenvalue weighted by molar-refractivity contribution is 6.74. The second-order valence-electron chi connectivity index (χ2n) is 6.89. The van der Waals surface area contributed by atoms with Crippen LogP contribution in [-0.2, 0) is 9.16 Å². The summed E-state index contributed by atoms with van der Waals surface area (Å²) < 4.78 is 11.8. The number of methoxy groups -OCH3 is 1. The maximum Gasteiger partial charge on any atom is 0.260 e. The van der Waals surface area contributed by atoms with Gasteiger partial charge in [-0.15, -0.1) is 0 Å². The van der Waals surface area contributed by atoms with Gasteiger partial charge in [-0.1, -0.05) is 41.5 Å². The number of ether oxygens (including phenoxy) is 1. The van der Waals surface area contributed by atoms with Crippen molar-refractivity contribution in [1.29, 1.82) is 0 Å². The highest BCUT2D eigenvalue weighted by Crippen LogP contribution is 2.34. The molecule has 0 aromatic carbocycles. The van der Waals surface area contributed by atoms with E-state index in [9.17, 15) is 0 Å². The van der Waals surface area contributed by atoms with Gasteiger partial charge in [-0.2, -0.15) is 0 Å². The number of hydrogen-bond acceptors (Lipinski definition) is 2. The fraction of sp³-hybridized carbons (Fsp3) is 0.875. The molecular formula is C16H34O2Si. The maximum atomic E-state index is 6.45. The summed E-state index contributed by atoms with van der Waals surface area (Å²) in [4.78, 5) is 0. The molecule has 0 bridgehead atoms. The van der Waals surface area contributed by atoms with Crippen molar-refractivity contribution < 1.29 is 9.16 Å². The van der Waals surface area contributed by atoms with E-state index in [0.29, 0.717) is 23.7 Å². The topological polar surface area (TPSA) is 18.5 Å². The van der Waals surface area contributed by atoms with Gasteiger partial charge in [0.15, 0.2) is 0 Å². The van der Waals surface area contributed by atoms with E-state index in [2.05, 4.69) is 41.5 Å². The molecular weight excluding hydrogens is 252 g/mol. The first kappa shape index (κ1) is 18.6. The minimum Gasteiger partial charge on any atom is -0.519 e. The monoisotopic (exact) mass is 286 g/mol. The van der Waals surface area contributed by atoms with Gasteiger partial charge in [0.2, 0.25) is 0 Å². The van der Waals surface area contributed by atoms with Crippen LogP contribution >= 0.6 is 0 Å². The van der Waals surface area contributed by atoms with Crippen LogP contribution in [0.4, 0.5) is 0 Å². The Hall–Kier alpha value is -0.443. The Kier molecular flexibility index (Phi) is 8.47. The van der Waals surface area contributed by atoms with E-state index in [4.69, 9.17) is 9.16 Å². The fourth-order valence-electron chi connectivity index (χ4n) is 3.04. The predicted octanol–water partition coefficient (Wildman–Crippen LogP) is 5.42. The maximum absolute atomic E-state index is 6.45. The molecule has 19 heavy (non-hydrogen) atoms. The van der Waals surface area contributed by atoms with Gasteiger partial charge in [0.1, 0.15) is 0 Å². The molecule has 0 aromatic rings. The number of allylic oxidation sites excluding steroid dienone is 1. The second kappa shape index (κ2) is 8.67. The van der Waals surface area contributed by atoms with Crippen LogP contribution < -0.4 is 0 Å². The van der Waals surface area contributed by atoms with Crippen LogP contribution in [0.15, 0.2) is 12.0 Å². The Morgan fingerprint density at radius 1 is 0.895 bits per heavy atom. The van der Waals surface area contributed by atoms with Gasteiger partial charge in [-0.25, -0.2) is 0 Å². The highest BCUT2D eigenvalue weighted by atomic mass is 28.4. The van der Waals surface area contributed by atoms with Crippen molar-refractivity contribution in [1.82, 2.24) is 0 Å². The van der Waals surface area contributed by atoms with Gasteiger partial charge in [0.25, 0.3) is 14.3 Å². The molecule has 0 saturated carbocycles. The average Bonchev–Trinajstić information content (AvgIpc) is 2.22. The van der Waals surface area contributed by atoms with Crippen molar-refractivity contribution in [3.63, 3.8) is 0 Å². The van der Waals surface area contributed by atoms with E-state index in [1.165, 1.54) is 18.1 Å². The lowest BCUT2D eigenvalue weighted by Crippen LogP contribution is -2.42. The molecule has 0 rings (SSSR count). The predicted molar refractivity (Wildman–Crippen MR) is 86.5 cm³/mol. The van der Waals surface area contributed by atoms with Gasteiger partial charge < -0.3 is 9.16 Å². The summed E-state index contributed by atoms with van der Waals surface area (Å²) in [5, 5.41) is 0. The molecule has 0 atom stereocenters. The molecule has 0 heterocycles. The zero-order valence-electron chi connectivity index (χ0n) is 14.2. The smallest absolute Gasteiger partial charge is 0.260 e. The second-order valence-corrected chi connectivity index (χ2v) is 10.7. The first-order chi connectivity index (χ1) is 8.74. The van der Waals surface area contributed by atoms with Crippen molar-refractivity contribution >= 4 is 8.32 Å². The quantitative estimate of drug-likeness (QED) is 0.416. The number of rotatable bonds is 9. The van der Waals surface area contributed by atoms with Crippen LogP contribution in [0.2, 0.25) is 18.1 Å². The normalized spacial score (nSPS) is 13.5. The molecule has 0 aliphatic carbocycles. The Morgan fingerprint density at radius 3 is 1.47 bits per heavy atom. The van der Waals surface area contributed by atoms with Crippen molar-refractivity contribution in [2.45, 2.75) is 66.6 Å². The van der Waals surface area contributed by atoms with Crippen LogP contribution in [0.25, 0.3) is 0 Å². The van der Waals surface area contributed by atoms with Gasteiger partial charge in [-0.3, -0.25) is 0 Å². The van der Waals surface area contributed by atoms with E-state index in [1.807, 2.05) is 13.0 Å². The first-order valence-electron chi connectivity index (χ1n) is 7.64. The molecule has 0 aliphatic heterocycles. The third-order valence-electron chi connectivity index (χ3n) is 3.09. The molecule has 0 aromatic heterocycles. The fourth-order valence-corrected chi connectivity index (χ4v) is 8.88. The average molecular weight is 287 g/mol. The summed E-state index contributed by atoms with van der Waals surface area (Å²) in [5.74, 6) is 2.76. The van der Waals surface area contributed by atoms with E-state index in [-0.39, 0.29) is 0 Å². The third-order valence-corrected chi connectivity index (χ3v) is 8.41. The summed E-state index contributed by atoms with van der Waals surface area (Å²) in [5.41, 5.74) is 0. The highest BCUT2D eigenvalue weighted by Gasteiger charge is 2.39. The number of hydrogen-bond donors (Lipinski definition) is 0. The Bertz CT molecular complexity index is 243. The lowest BCUT2D eigenvalue weighted by molar-refractivity contribution is 0.139. The molecule has 0 aliphatic rings. The summed E-state index contributed by atoms with van der Waals surface area (Å²) in [6, 6.07) is 3.64. The molecule has 0 amide bonds. The Labute approximate surface area is 121 Å². The molecule has 0 unspecified atom stereocenters. The van der Waals surface area contributed by atoms with E-state index in [1.54, 1.807) is 7.11 Å². The molecule has 2 nitrogen and oxygen atoms in total. The van der Waals surface area contributed by atoms with Crippen LogP contribution in [0, 0.1) is 17.8 Å². The minimum absolute atomic E-state index is 0.680. The first-order valence-corrected chi connectivity index (χ1v) is 10.2. The molecule has 0 saturated heterocycles. The molecule has 0 fully saturated rings. The van der Waals surface area contributed by atoms with E-state index >= 15 is 0 Å². The van der Waals surface area contributed by atoms with Crippen LogP contribution in [0.3, 0.4) is 0 Å². The van der Waals surface area contributed by atoms with Crippen molar-refractivity contribution in [2.75, 3.05) is 7.11 Å². The van der Waals surface area contributed by atoms with Crippen molar-refractivity contribution in [3.8, 4) is 0 Å². The van der Waals surface area contributed by atoms with Crippen LogP contribution in [-0.4, -0.2) is 15.4 Å². The van der Waals surface area contributed by atoms with Gasteiger partial charge in [-0.05, 0) is 48.9 Å².